The van der Waals surface area contributed by atoms with Crippen LogP contribution in [-0.2, 0) is 14.3 Å². The van der Waals surface area contributed by atoms with Crippen LogP contribution in [0.15, 0.2) is 36.5 Å². The molecule has 0 aromatic rings. The average Bonchev–Trinajstić information content (AvgIpc) is 3.42. The third kappa shape index (κ3) is 45.2. The number of amides is 1. The van der Waals surface area contributed by atoms with Gasteiger partial charge in [0.15, 0.2) is 6.29 Å². The van der Waals surface area contributed by atoms with E-state index in [1.54, 1.807) is 6.08 Å². The number of allylic oxidation sites excluding steroid dienone is 5. The Bertz CT molecular complexity index is 1290. The molecule has 9 nitrogen and oxygen atoms in total. The number of unbranched alkanes of at least 4 members (excludes halogenated alkanes) is 44. The van der Waals surface area contributed by atoms with Gasteiger partial charge in [-0.05, 0) is 51.4 Å². The van der Waals surface area contributed by atoms with Gasteiger partial charge in [-0.3, -0.25) is 4.79 Å². The quantitative estimate of drug-likeness (QED) is 0.0261. The Morgan fingerprint density at radius 1 is 0.447 bits per heavy atom. The predicted molar refractivity (Wildman–Crippen MR) is 323 cm³/mol. The highest BCUT2D eigenvalue weighted by molar-refractivity contribution is 5.76. The van der Waals surface area contributed by atoms with E-state index < -0.39 is 49.5 Å². The molecular weight excluding hydrogens is 947 g/mol. The van der Waals surface area contributed by atoms with Crippen LogP contribution >= 0.6 is 0 Å². The molecule has 1 saturated heterocycles. The van der Waals surface area contributed by atoms with Gasteiger partial charge >= 0.3 is 0 Å². The standard InChI is InChI=1S/C67H127NO8/c1-3-5-7-9-11-13-15-17-19-20-21-22-23-24-25-26-27-28-29-30-31-32-33-34-35-36-37-38-39-40-41-42-43-45-47-49-51-53-55-57-63(71)68-60(59-75-67-66(74)65(73)64(72)62(58-69)76-67)61(70)56-54-52-50-48-46-44-18-16-14-12-10-8-6-4-2/h15,17,20-21,54,56,60-62,64-67,69-70,72-74H,3-14,16,18-19,22-53,55,57-59H2,1-2H3,(H,68,71)/b17-15-,21-20-,56-54+. The van der Waals surface area contributed by atoms with Crippen molar-refractivity contribution in [2.45, 2.75) is 371 Å². The maximum Gasteiger partial charge on any atom is 0.220 e. The highest BCUT2D eigenvalue weighted by atomic mass is 16.7. The van der Waals surface area contributed by atoms with Crippen molar-refractivity contribution in [3.05, 3.63) is 36.5 Å². The van der Waals surface area contributed by atoms with Gasteiger partial charge in [-0.1, -0.05) is 307 Å². The largest absolute Gasteiger partial charge is 0.394 e. The van der Waals surface area contributed by atoms with E-state index in [0.717, 1.165) is 44.9 Å². The second-order valence-electron chi connectivity index (χ2n) is 23.3. The Hall–Kier alpha value is -1.59. The highest BCUT2D eigenvalue weighted by Crippen LogP contribution is 2.23. The predicted octanol–water partition coefficient (Wildman–Crippen LogP) is 17.5. The van der Waals surface area contributed by atoms with Crippen molar-refractivity contribution in [3.63, 3.8) is 0 Å². The van der Waals surface area contributed by atoms with Crippen molar-refractivity contribution in [1.29, 1.82) is 0 Å². The van der Waals surface area contributed by atoms with Gasteiger partial charge in [0.05, 0.1) is 25.4 Å². The molecule has 7 atom stereocenters. The van der Waals surface area contributed by atoms with E-state index in [4.69, 9.17) is 9.47 Å². The van der Waals surface area contributed by atoms with Crippen LogP contribution in [0.3, 0.4) is 0 Å². The van der Waals surface area contributed by atoms with Crippen LogP contribution in [-0.4, -0.2) is 87.5 Å². The first-order valence-electron chi connectivity index (χ1n) is 33.2. The van der Waals surface area contributed by atoms with E-state index in [1.165, 1.54) is 263 Å². The molecule has 9 heteroatoms. The zero-order chi connectivity index (χ0) is 55.0. The lowest BCUT2D eigenvalue weighted by molar-refractivity contribution is -0.302. The van der Waals surface area contributed by atoms with Crippen LogP contribution in [0.4, 0.5) is 0 Å². The van der Waals surface area contributed by atoms with Crippen molar-refractivity contribution in [3.8, 4) is 0 Å². The lowest BCUT2D eigenvalue weighted by atomic mass is 9.99. The fourth-order valence-electron chi connectivity index (χ4n) is 10.7. The van der Waals surface area contributed by atoms with Crippen LogP contribution in [0.1, 0.15) is 328 Å². The van der Waals surface area contributed by atoms with E-state index in [0.29, 0.717) is 6.42 Å². The molecule has 1 rings (SSSR count). The number of rotatable bonds is 58. The zero-order valence-electron chi connectivity index (χ0n) is 50.0. The van der Waals surface area contributed by atoms with Crippen molar-refractivity contribution < 1.29 is 39.8 Å². The lowest BCUT2D eigenvalue weighted by Crippen LogP contribution is -2.60. The molecule has 448 valence electrons. The Labute approximate surface area is 470 Å². The number of carbonyl (C=O) groups excluding carboxylic acids is 1. The maximum atomic E-state index is 13.1. The fraction of sp³-hybridized carbons (Fsp3) is 0.896. The summed E-state index contributed by atoms with van der Waals surface area (Å²) in [7, 11) is 0. The van der Waals surface area contributed by atoms with E-state index in [-0.39, 0.29) is 12.5 Å². The van der Waals surface area contributed by atoms with Crippen LogP contribution in [0.2, 0.25) is 0 Å². The van der Waals surface area contributed by atoms with Gasteiger partial charge in [-0.25, -0.2) is 0 Å². The number of aliphatic hydroxyl groups excluding tert-OH is 5. The van der Waals surface area contributed by atoms with Gasteiger partial charge in [0.2, 0.25) is 5.91 Å². The van der Waals surface area contributed by atoms with E-state index in [2.05, 4.69) is 43.5 Å². The average molecular weight is 1070 g/mol. The molecule has 0 radical (unpaired) electrons. The summed E-state index contributed by atoms with van der Waals surface area (Å²) in [5.74, 6) is -0.171. The first-order chi connectivity index (χ1) is 37.3. The summed E-state index contributed by atoms with van der Waals surface area (Å²) in [4.78, 5) is 13.1. The molecule has 0 spiro atoms. The number of hydrogen-bond acceptors (Lipinski definition) is 8. The minimum atomic E-state index is -1.56. The summed E-state index contributed by atoms with van der Waals surface area (Å²) in [6.45, 7) is 3.79. The molecule has 1 aliphatic heterocycles. The second kappa shape index (κ2) is 56.7. The normalized spacial score (nSPS) is 19.0. The summed E-state index contributed by atoms with van der Waals surface area (Å²) in [6.07, 6.45) is 68.3. The van der Waals surface area contributed by atoms with Crippen LogP contribution in [0.5, 0.6) is 0 Å². The monoisotopic (exact) mass is 1070 g/mol. The van der Waals surface area contributed by atoms with Gasteiger partial charge in [-0.2, -0.15) is 0 Å². The van der Waals surface area contributed by atoms with Gasteiger partial charge in [0.25, 0.3) is 0 Å². The third-order valence-corrected chi connectivity index (χ3v) is 16.0. The first-order valence-corrected chi connectivity index (χ1v) is 33.2. The van der Waals surface area contributed by atoms with Crippen molar-refractivity contribution in [2.75, 3.05) is 13.2 Å². The number of nitrogens with one attached hydrogen (secondary N) is 1. The van der Waals surface area contributed by atoms with Crippen LogP contribution < -0.4 is 5.32 Å². The molecule has 7 unspecified atom stereocenters. The molecule has 6 N–H and O–H groups in total. The molecule has 0 bridgehead atoms. The van der Waals surface area contributed by atoms with Crippen LogP contribution in [0, 0.1) is 0 Å². The zero-order valence-corrected chi connectivity index (χ0v) is 50.0. The molecule has 0 aromatic carbocycles. The summed E-state index contributed by atoms with van der Waals surface area (Å²) in [5, 5.41) is 54.5. The Morgan fingerprint density at radius 3 is 1.13 bits per heavy atom. The molecule has 76 heavy (non-hydrogen) atoms. The van der Waals surface area contributed by atoms with Crippen molar-refractivity contribution in [1.82, 2.24) is 5.32 Å². The molecule has 0 aliphatic carbocycles. The molecule has 0 aromatic heterocycles. The smallest absolute Gasteiger partial charge is 0.220 e. The number of ether oxygens (including phenoxy) is 2. The Morgan fingerprint density at radius 2 is 0.776 bits per heavy atom. The summed E-state index contributed by atoms with van der Waals surface area (Å²) >= 11 is 0. The molecule has 1 aliphatic rings. The first kappa shape index (κ1) is 72.4. The summed E-state index contributed by atoms with van der Waals surface area (Å²) in [5.41, 5.74) is 0. The molecule has 1 fully saturated rings. The summed E-state index contributed by atoms with van der Waals surface area (Å²) in [6, 6.07) is -0.802. The number of hydrogen-bond donors (Lipinski definition) is 6. The highest BCUT2D eigenvalue weighted by Gasteiger charge is 2.44. The molecule has 1 amide bonds. The third-order valence-electron chi connectivity index (χ3n) is 16.0. The molecular formula is C67H127NO8. The minimum Gasteiger partial charge on any atom is -0.394 e. The second-order valence-corrected chi connectivity index (χ2v) is 23.3. The molecule has 1 heterocycles. The lowest BCUT2D eigenvalue weighted by Gasteiger charge is -2.40. The Kier molecular flexibility index (Phi) is 54.0. The number of carbonyl (C=O) groups is 1. The topological polar surface area (TPSA) is 149 Å². The summed E-state index contributed by atoms with van der Waals surface area (Å²) < 4.78 is 11.3. The SMILES string of the molecule is CCCCCCC/C=C\C/C=C\CCCCCCCCCCCCCCCCCCCCCCCCCCCCCC(=O)NC(COC1OC(CO)C(O)C(O)C1O)C(O)/C=C/CCCCCCCCCCCCCC. The Balaban J connectivity index is 2.02. The minimum absolute atomic E-state index is 0.171. The van der Waals surface area contributed by atoms with E-state index in [1.807, 2.05) is 6.08 Å². The van der Waals surface area contributed by atoms with Crippen molar-refractivity contribution in [2.24, 2.45) is 0 Å². The van der Waals surface area contributed by atoms with Gasteiger partial charge in [-0.15, -0.1) is 0 Å². The van der Waals surface area contributed by atoms with Crippen molar-refractivity contribution >= 4 is 5.91 Å². The molecule has 0 saturated carbocycles. The van der Waals surface area contributed by atoms with E-state index in [9.17, 15) is 30.3 Å². The van der Waals surface area contributed by atoms with Crippen LogP contribution in [0.25, 0.3) is 0 Å². The van der Waals surface area contributed by atoms with Gasteiger partial charge < -0.3 is 40.3 Å². The number of aliphatic hydroxyl groups is 5. The maximum absolute atomic E-state index is 13.1. The fourth-order valence-corrected chi connectivity index (χ4v) is 10.7. The van der Waals surface area contributed by atoms with E-state index >= 15 is 0 Å². The van der Waals surface area contributed by atoms with Gasteiger partial charge in [0, 0.05) is 6.42 Å². The van der Waals surface area contributed by atoms with Gasteiger partial charge in [0.1, 0.15) is 24.4 Å².